The van der Waals surface area contributed by atoms with E-state index in [2.05, 4.69) is 50.6 Å². The molecule has 12 heavy (non-hydrogen) atoms. The normalized spacial score (nSPS) is 20.7. The Hall–Kier alpha value is -1.04. The van der Waals surface area contributed by atoms with Crippen molar-refractivity contribution in [3.63, 3.8) is 0 Å². The van der Waals surface area contributed by atoms with Gasteiger partial charge in [0.25, 0.3) is 0 Å². The minimum Gasteiger partial charge on any atom is -0.0806 e. The third-order valence-corrected chi connectivity index (χ3v) is 2.51. The fourth-order valence-corrected chi connectivity index (χ4v) is 1.75. The summed E-state index contributed by atoms with van der Waals surface area (Å²) in [6.45, 7) is 4.41. The van der Waals surface area contributed by atoms with Crippen LogP contribution in [0.25, 0.3) is 0 Å². The highest BCUT2D eigenvalue weighted by Gasteiger charge is 2.12. The molecule has 2 rings (SSSR count). The molecule has 0 saturated carbocycles. The van der Waals surface area contributed by atoms with Gasteiger partial charge in [0.15, 0.2) is 0 Å². The summed E-state index contributed by atoms with van der Waals surface area (Å²) in [6.07, 6.45) is 6.59. The average molecular weight is 157 g/mol. The Labute approximate surface area is 73.9 Å². The number of benzene rings is 1. The van der Waals surface area contributed by atoms with Crippen molar-refractivity contribution in [3.05, 3.63) is 53.5 Å². The summed E-state index contributed by atoms with van der Waals surface area (Å²) in [6, 6.07) is 6.52. The summed E-state index contributed by atoms with van der Waals surface area (Å²) in [5.41, 5.74) is 4.24. The topological polar surface area (TPSA) is 0 Å². The molecule has 1 aromatic carbocycles. The molecule has 0 N–H and O–H groups in total. The van der Waals surface area contributed by atoms with E-state index >= 15 is 0 Å². The van der Waals surface area contributed by atoms with Crippen LogP contribution in [0.4, 0.5) is 0 Å². The van der Waals surface area contributed by atoms with Crippen LogP contribution in [-0.2, 0) is 0 Å². The van der Waals surface area contributed by atoms with E-state index in [0.29, 0.717) is 5.92 Å². The summed E-state index contributed by atoms with van der Waals surface area (Å²) in [5.74, 6) is 0.574. The van der Waals surface area contributed by atoms with Gasteiger partial charge in [-0.1, -0.05) is 37.3 Å². The summed E-state index contributed by atoms with van der Waals surface area (Å²) in [7, 11) is 0. The van der Waals surface area contributed by atoms with Gasteiger partial charge >= 0.3 is 0 Å². The van der Waals surface area contributed by atoms with Gasteiger partial charge in [0.05, 0.1) is 0 Å². The van der Waals surface area contributed by atoms with Gasteiger partial charge in [0, 0.05) is 6.42 Å². The van der Waals surface area contributed by atoms with Crippen LogP contribution in [0.3, 0.4) is 0 Å². The monoisotopic (exact) mass is 157 g/mol. The molecule has 0 heteroatoms. The second-order valence-corrected chi connectivity index (χ2v) is 3.42. The molecule has 1 unspecified atom stereocenters. The molecule has 0 saturated heterocycles. The highest BCUT2D eigenvalue weighted by atomic mass is 14.2. The Kier molecular flexibility index (Phi) is 1.76. The molecule has 0 heterocycles. The van der Waals surface area contributed by atoms with Crippen molar-refractivity contribution in [2.45, 2.75) is 19.8 Å². The van der Waals surface area contributed by atoms with Crippen molar-refractivity contribution < 1.29 is 0 Å². The van der Waals surface area contributed by atoms with Gasteiger partial charge in [0.2, 0.25) is 0 Å². The Bertz CT molecular complexity index is 321. The fourth-order valence-electron chi connectivity index (χ4n) is 1.75. The van der Waals surface area contributed by atoms with Crippen LogP contribution < -0.4 is 0 Å². The zero-order valence-electron chi connectivity index (χ0n) is 7.54. The Morgan fingerprint density at radius 2 is 2.08 bits per heavy atom. The van der Waals surface area contributed by atoms with Crippen LogP contribution in [-0.4, -0.2) is 0 Å². The Morgan fingerprint density at radius 3 is 2.83 bits per heavy atom. The van der Waals surface area contributed by atoms with Crippen LogP contribution in [0.15, 0.2) is 30.4 Å². The van der Waals surface area contributed by atoms with Crippen LogP contribution in [0, 0.1) is 13.3 Å². The van der Waals surface area contributed by atoms with Crippen molar-refractivity contribution in [1.82, 2.24) is 0 Å². The molecule has 0 bridgehead atoms. The van der Waals surface area contributed by atoms with Gasteiger partial charge in [-0.2, -0.15) is 0 Å². The summed E-state index contributed by atoms with van der Waals surface area (Å²) < 4.78 is 0. The number of allylic oxidation sites excluding steroid dienone is 2. The van der Waals surface area contributed by atoms with Crippen LogP contribution in [0.2, 0.25) is 0 Å². The molecule has 0 fully saturated rings. The van der Waals surface area contributed by atoms with Gasteiger partial charge in [-0.25, -0.2) is 0 Å². The number of hydrogen-bond donors (Lipinski definition) is 0. The second-order valence-electron chi connectivity index (χ2n) is 3.42. The lowest BCUT2D eigenvalue weighted by molar-refractivity contribution is 0.935. The van der Waals surface area contributed by atoms with Gasteiger partial charge in [0.1, 0.15) is 0 Å². The molecule has 0 spiro atoms. The predicted molar refractivity (Wildman–Crippen MR) is 52.1 cm³/mol. The Balaban J connectivity index is 2.57. The molecule has 1 aliphatic carbocycles. The zero-order chi connectivity index (χ0) is 8.55. The number of aryl methyl sites for hydroxylation is 1. The lowest BCUT2D eigenvalue weighted by Gasteiger charge is -2.18. The number of hydrogen-bond acceptors (Lipinski definition) is 0. The van der Waals surface area contributed by atoms with Crippen LogP contribution in [0.5, 0.6) is 0 Å². The number of rotatable bonds is 0. The van der Waals surface area contributed by atoms with E-state index in [1.807, 2.05) is 0 Å². The van der Waals surface area contributed by atoms with E-state index in [4.69, 9.17) is 0 Å². The molecule has 1 radical (unpaired) electrons. The highest BCUT2D eigenvalue weighted by Crippen LogP contribution is 2.29. The fraction of sp³-hybridized carbons (Fsp3) is 0.250. The standard InChI is InChI=1S/C12H13/c1-9-5-3-8-12-10(2)6-4-7-11(9)12/h3-9H,1-2H3. The molecule has 61 valence electrons. The summed E-state index contributed by atoms with van der Waals surface area (Å²) >= 11 is 0. The first-order valence-electron chi connectivity index (χ1n) is 4.40. The van der Waals surface area contributed by atoms with Gasteiger partial charge in [-0.15, -0.1) is 0 Å². The third kappa shape index (κ3) is 1.08. The summed E-state index contributed by atoms with van der Waals surface area (Å²) in [5, 5.41) is 0. The van der Waals surface area contributed by atoms with E-state index in [9.17, 15) is 0 Å². The van der Waals surface area contributed by atoms with E-state index < -0.39 is 0 Å². The van der Waals surface area contributed by atoms with Gasteiger partial charge < -0.3 is 0 Å². The lowest BCUT2D eigenvalue weighted by atomic mass is 9.87. The second kappa shape index (κ2) is 2.78. The molecule has 0 nitrogen and oxygen atoms in total. The van der Waals surface area contributed by atoms with Crippen LogP contribution >= 0.6 is 0 Å². The number of fused-ring (bicyclic) bond motifs is 1. The van der Waals surface area contributed by atoms with Crippen molar-refractivity contribution in [1.29, 1.82) is 0 Å². The SMILES string of the molecule is Cc1cccc2c1[CH]C=CC2C. The maximum atomic E-state index is 2.24. The first-order valence-corrected chi connectivity index (χ1v) is 4.40. The lowest BCUT2D eigenvalue weighted by Crippen LogP contribution is -2.01. The van der Waals surface area contributed by atoms with E-state index in [-0.39, 0.29) is 0 Å². The molecule has 0 aromatic heterocycles. The van der Waals surface area contributed by atoms with Gasteiger partial charge in [-0.05, 0) is 29.5 Å². The minimum absolute atomic E-state index is 0.574. The quantitative estimate of drug-likeness (QED) is 0.542. The van der Waals surface area contributed by atoms with Crippen molar-refractivity contribution in [3.8, 4) is 0 Å². The smallest absolute Gasteiger partial charge is 0.0127 e. The van der Waals surface area contributed by atoms with Crippen molar-refractivity contribution in [2.24, 2.45) is 0 Å². The zero-order valence-corrected chi connectivity index (χ0v) is 7.54. The van der Waals surface area contributed by atoms with Crippen molar-refractivity contribution >= 4 is 0 Å². The predicted octanol–water partition coefficient (Wildman–Crippen LogP) is 3.22. The first kappa shape index (κ1) is 7.60. The molecular formula is C12H13. The van der Waals surface area contributed by atoms with E-state index in [1.54, 1.807) is 0 Å². The van der Waals surface area contributed by atoms with E-state index in [1.165, 1.54) is 16.7 Å². The van der Waals surface area contributed by atoms with E-state index in [0.717, 1.165) is 0 Å². The molecule has 1 aromatic rings. The molecule has 0 amide bonds. The summed E-state index contributed by atoms with van der Waals surface area (Å²) in [4.78, 5) is 0. The Morgan fingerprint density at radius 1 is 1.25 bits per heavy atom. The third-order valence-electron chi connectivity index (χ3n) is 2.51. The molecule has 1 aliphatic rings. The maximum Gasteiger partial charge on any atom is 0.0127 e. The minimum atomic E-state index is 0.574. The largest absolute Gasteiger partial charge is 0.0806 e. The highest BCUT2D eigenvalue weighted by molar-refractivity contribution is 5.48. The molecule has 0 aliphatic heterocycles. The van der Waals surface area contributed by atoms with Gasteiger partial charge in [-0.3, -0.25) is 0 Å². The van der Waals surface area contributed by atoms with Crippen molar-refractivity contribution in [2.75, 3.05) is 0 Å². The maximum absolute atomic E-state index is 2.24. The first-order chi connectivity index (χ1) is 5.79. The molecule has 1 atom stereocenters. The van der Waals surface area contributed by atoms with Crippen LogP contribution in [0.1, 0.15) is 29.5 Å². The average Bonchev–Trinajstić information content (AvgIpc) is 2.07. The molecular weight excluding hydrogens is 144 g/mol.